The lowest BCUT2D eigenvalue weighted by Crippen LogP contribution is -2.10. The number of thiophene rings is 2. The fourth-order valence-electron chi connectivity index (χ4n) is 7.75. The van der Waals surface area contributed by atoms with Gasteiger partial charge in [-0.1, -0.05) is 115 Å². The van der Waals surface area contributed by atoms with Crippen LogP contribution in [0.25, 0.3) is 84.2 Å². The van der Waals surface area contributed by atoms with E-state index in [1.54, 1.807) is 0 Å². The fourth-order valence-corrected chi connectivity index (χ4v) is 10.1. The molecule has 0 saturated carbocycles. The van der Waals surface area contributed by atoms with Gasteiger partial charge in [0.05, 0.1) is 10.4 Å². The van der Waals surface area contributed by atoms with Gasteiger partial charge in [-0.25, -0.2) is 0 Å². The van der Waals surface area contributed by atoms with E-state index in [-0.39, 0.29) is 0 Å². The number of nitrogens with zero attached hydrogens (tertiary/aromatic N) is 1. The molecule has 0 radical (unpaired) electrons. The number of anilines is 3. The molecule has 0 aliphatic carbocycles. The molecule has 3 heterocycles. The number of hydrogen-bond acceptors (Lipinski definition) is 4. The Morgan fingerprint density at radius 1 is 0.420 bits per heavy atom. The van der Waals surface area contributed by atoms with Crippen LogP contribution in [0.5, 0.6) is 0 Å². The van der Waals surface area contributed by atoms with Crippen LogP contribution in [0.3, 0.4) is 0 Å². The van der Waals surface area contributed by atoms with E-state index in [9.17, 15) is 0 Å². The highest BCUT2D eigenvalue weighted by atomic mass is 32.1. The summed E-state index contributed by atoms with van der Waals surface area (Å²) in [5.74, 6) is 0. The minimum atomic E-state index is 0.911. The number of hydrogen-bond donors (Lipinski definition) is 0. The van der Waals surface area contributed by atoms with Crippen LogP contribution in [0, 0.1) is 0 Å². The highest BCUT2D eigenvalue weighted by molar-refractivity contribution is 7.26. The summed E-state index contributed by atoms with van der Waals surface area (Å²) in [5.41, 5.74) is 7.67. The van der Waals surface area contributed by atoms with Crippen LogP contribution in [0.1, 0.15) is 0 Å². The van der Waals surface area contributed by atoms with Crippen LogP contribution in [0.4, 0.5) is 17.1 Å². The third-order valence-corrected chi connectivity index (χ3v) is 12.4. The van der Waals surface area contributed by atoms with Crippen molar-refractivity contribution in [1.29, 1.82) is 0 Å². The van der Waals surface area contributed by atoms with Gasteiger partial charge in [-0.3, -0.25) is 0 Å². The van der Waals surface area contributed by atoms with Gasteiger partial charge in [0, 0.05) is 57.8 Å². The smallest absolute Gasteiger partial charge is 0.144 e. The maximum atomic E-state index is 6.66. The van der Waals surface area contributed by atoms with E-state index in [1.165, 1.54) is 62.2 Å². The number of para-hydroxylation sites is 1. The van der Waals surface area contributed by atoms with Gasteiger partial charge in [0.15, 0.2) is 0 Å². The van der Waals surface area contributed by atoms with Crippen LogP contribution in [-0.2, 0) is 0 Å². The summed E-state index contributed by atoms with van der Waals surface area (Å²) in [4.78, 5) is 2.45. The first-order valence-corrected chi connectivity index (χ1v) is 18.5. The molecule has 0 aliphatic rings. The van der Waals surface area contributed by atoms with E-state index in [0.717, 1.165) is 39.0 Å². The average molecular weight is 674 g/mol. The normalized spacial score (nSPS) is 12.0. The van der Waals surface area contributed by atoms with Crippen LogP contribution < -0.4 is 4.90 Å². The van der Waals surface area contributed by atoms with Crippen molar-refractivity contribution in [3.05, 3.63) is 164 Å². The molecule has 0 amide bonds. The predicted octanol–water partition coefficient (Wildman–Crippen LogP) is 14.6. The van der Waals surface area contributed by atoms with Crippen molar-refractivity contribution in [2.24, 2.45) is 0 Å². The highest BCUT2D eigenvalue weighted by Crippen LogP contribution is 2.51. The monoisotopic (exact) mass is 673 g/mol. The number of furan rings is 1. The molecular weight excluding hydrogens is 647 g/mol. The lowest BCUT2D eigenvalue weighted by Gasteiger charge is -2.26. The molecule has 234 valence electrons. The summed E-state index contributed by atoms with van der Waals surface area (Å²) in [7, 11) is 0. The average Bonchev–Trinajstić information content (AvgIpc) is 3.87. The van der Waals surface area contributed by atoms with Gasteiger partial charge < -0.3 is 9.32 Å². The van der Waals surface area contributed by atoms with Crippen molar-refractivity contribution >= 4 is 113 Å². The largest absolute Gasteiger partial charge is 0.455 e. The maximum absolute atomic E-state index is 6.66. The molecule has 0 unspecified atom stereocenters. The third kappa shape index (κ3) is 4.13. The molecule has 0 saturated heterocycles. The number of rotatable bonds is 4. The molecular formula is C46H27NOS2. The first kappa shape index (κ1) is 28.0. The summed E-state index contributed by atoms with van der Waals surface area (Å²) in [6, 6.07) is 59.4. The zero-order valence-corrected chi connectivity index (χ0v) is 28.4. The van der Waals surface area contributed by atoms with Gasteiger partial charge in [0.1, 0.15) is 11.2 Å². The van der Waals surface area contributed by atoms with E-state index in [2.05, 4.69) is 169 Å². The second-order valence-electron chi connectivity index (χ2n) is 12.9. The Morgan fingerprint density at radius 2 is 1.12 bits per heavy atom. The standard InChI is InChI=1S/C46H27NOS2/c1-2-10-28(11-3-1)29-18-21-31(22-19-29)47(32-23-24-36-42(26-32)49-41-25-20-30-12-4-5-13-33(30)43(36)41)38-27-37-34-14-6-8-16-39(34)48-45(37)44-35-15-7-9-17-40(35)50-46(38)44/h1-27H. The molecule has 0 bridgehead atoms. The molecule has 8 aromatic carbocycles. The van der Waals surface area contributed by atoms with E-state index in [0.29, 0.717) is 0 Å². The van der Waals surface area contributed by atoms with Crippen molar-refractivity contribution in [1.82, 2.24) is 0 Å². The predicted molar refractivity (Wildman–Crippen MR) is 217 cm³/mol. The fraction of sp³-hybridized carbons (Fsp3) is 0. The van der Waals surface area contributed by atoms with Gasteiger partial charge in [0.2, 0.25) is 0 Å². The van der Waals surface area contributed by atoms with Crippen molar-refractivity contribution in [3.63, 3.8) is 0 Å². The molecule has 0 spiro atoms. The minimum Gasteiger partial charge on any atom is -0.455 e. The Kier molecular flexibility index (Phi) is 6.03. The molecule has 50 heavy (non-hydrogen) atoms. The number of fused-ring (bicyclic) bond motifs is 12. The van der Waals surface area contributed by atoms with Gasteiger partial charge in [-0.2, -0.15) is 0 Å². The van der Waals surface area contributed by atoms with Crippen LogP contribution >= 0.6 is 22.7 Å². The first-order chi connectivity index (χ1) is 24.8. The van der Waals surface area contributed by atoms with E-state index >= 15 is 0 Å². The molecule has 0 atom stereocenters. The SMILES string of the molecule is c1ccc(-c2ccc(N(c3ccc4c(c3)sc3ccc5ccccc5c34)c3cc4c5ccccc5oc4c4c3sc3ccccc34)cc2)cc1. The van der Waals surface area contributed by atoms with E-state index in [1.807, 2.05) is 22.7 Å². The quantitative estimate of drug-likeness (QED) is 0.185. The van der Waals surface area contributed by atoms with Crippen LogP contribution in [0.15, 0.2) is 168 Å². The second-order valence-corrected chi connectivity index (χ2v) is 15.0. The molecule has 0 N–H and O–H groups in total. The topological polar surface area (TPSA) is 16.4 Å². The van der Waals surface area contributed by atoms with Crippen LogP contribution in [-0.4, -0.2) is 0 Å². The van der Waals surface area contributed by atoms with E-state index in [4.69, 9.17) is 4.42 Å². The van der Waals surface area contributed by atoms with Gasteiger partial charge in [-0.05, 0) is 70.4 Å². The molecule has 11 rings (SSSR count). The van der Waals surface area contributed by atoms with Gasteiger partial charge in [-0.15, -0.1) is 22.7 Å². The Balaban J connectivity index is 1.21. The summed E-state index contributed by atoms with van der Waals surface area (Å²) in [6.45, 7) is 0. The molecule has 4 heteroatoms. The summed E-state index contributed by atoms with van der Waals surface area (Å²) in [6.07, 6.45) is 0. The molecule has 3 aromatic heterocycles. The van der Waals surface area contributed by atoms with Gasteiger partial charge in [0.25, 0.3) is 0 Å². The lowest BCUT2D eigenvalue weighted by atomic mass is 10.0. The van der Waals surface area contributed by atoms with Gasteiger partial charge >= 0.3 is 0 Å². The van der Waals surface area contributed by atoms with Crippen molar-refractivity contribution in [3.8, 4) is 11.1 Å². The minimum absolute atomic E-state index is 0.911. The Labute approximate surface area is 295 Å². The Hall–Kier alpha value is -5.94. The van der Waals surface area contributed by atoms with Crippen molar-refractivity contribution in [2.45, 2.75) is 0 Å². The van der Waals surface area contributed by atoms with Crippen LogP contribution in [0.2, 0.25) is 0 Å². The maximum Gasteiger partial charge on any atom is 0.144 e. The number of benzene rings is 8. The molecule has 2 nitrogen and oxygen atoms in total. The highest BCUT2D eigenvalue weighted by Gasteiger charge is 2.24. The van der Waals surface area contributed by atoms with Crippen molar-refractivity contribution < 1.29 is 4.42 Å². The van der Waals surface area contributed by atoms with Crippen molar-refractivity contribution in [2.75, 3.05) is 4.90 Å². The lowest BCUT2D eigenvalue weighted by molar-refractivity contribution is 0.673. The molecule has 0 aliphatic heterocycles. The summed E-state index contributed by atoms with van der Waals surface area (Å²) < 4.78 is 11.7. The third-order valence-electron chi connectivity index (χ3n) is 10.0. The van der Waals surface area contributed by atoms with E-state index < -0.39 is 0 Å². The first-order valence-electron chi connectivity index (χ1n) is 16.8. The zero-order chi connectivity index (χ0) is 32.8. The Bertz CT molecular complexity index is 3090. The molecule has 11 aromatic rings. The summed E-state index contributed by atoms with van der Waals surface area (Å²) >= 11 is 3.71. The Morgan fingerprint density at radius 3 is 2.00 bits per heavy atom. The molecule has 0 fully saturated rings. The summed E-state index contributed by atoms with van der Waals surface area (Å²) in [5, 5.41) is 9.89. The second kappa shape index (κ2) is 10.8. The zero-order valence-electron chi connectivity index (χ0n) is 26.8.